The van der Waals surface area contributed by atoms with Crippen molar-refractivity contribution in [2.45, 2.75) is 6.54 Å². The maximum atomic E-state index is 12.9. The maximum Gasteiger partial charge on any atom is 0.270 e. The molecule has 104 valence electrons. The van der Waals surface area contributed by atoms with Gasteiger partial charge in [-0.2, -0.15) is 0 Å². The Bertz CT molecular complexity index is 667. The molecule has 4 nitrogen and oxygen atoms in total. The summed E-state index contributed by atoms with van der Waals surface area (Å²) in [5.74, 6) is -0.393. The molecule has 7 heteroatoms. The highest BCUT2D eigenvalue weighted by atomic mass is 79.9. The fraction of sp³-hybridized carbons (Fsp3) is 0.0769. The molecule has 0 heterocycles. The molecule has 0 saturated heterocycles. The fourth-order valence-electron chi connectivity index (χ4n) is 1.62. The zero-order chi connectivity index (χ0) is 14.7. The number of halogens is 3. The molecule has 20 heavy (non-hydrogen) atoms. The van der Waals surface area contributed by atoms with E-state index in [4.69, 9.17) is 11.6 Å². The van der Waals surface area contributed by atoms with Gasteiger partial charge in [0.15, 0.2) is 0 Å². The van der Waals surface area contributed by atoms with Crippen LogP contribution in [0.2, 0.25) is 5.02 Å². The van der Waals surface area contributed by atoms with Crippen molar-refractivity contribution < 1.29 is 9.31 Å². The molecule has 0 aromatic heterocycles. The first-order valence-electron chi connectivity index (χ1n) is 5.59. The van der Waals surface area contributed by atoms with Crippen LogP contribution in [0, 0.1) is 15.9 Å². The third-order valence-electron chi connectivity index (χ3n) is 2.65. The Labute approximate surface area is 127 Å². The molecular weight excluding hydrogens is 351 g/mol. The molecule has 0 aliphatic carbocycles. The summed E-state index contributed by atoms with van der Waals surface area (Å²) in [6.07, 6.45) is 0. The van der Waals surface area contributed by atoms with E-state index < -0.39 is 10.7 Å². The quantitative estimate of drug-likeness (QED) is 0.632. The predicted molar refractivity (Wildman–Crippen MR) is 79.5 cm³/mol. The normalized spacial score (nSPS) is 10.3. The SMILES string of the molecule is O=[N+]([O-])c1ccc(NCc2ccc(F)cc2Cl)c(Br)c1. The molecule has 2 aromatic rings. The molecule has 0 atom stereocenters. The summed E-state index contributed by atoms with van der Waals surface area (Å²) in [5.41, 5.74) is 1.43. The number of anilines is 1. The van der Waals surface area contributed by atoms with Crippen LogP contribution < -0.4 is 5.32 Å². The van der Waals surface area contributed by atoms with Gasteiger partial charge in [-0.15, -0.1) is 0 Å². The smallest absolute Gasteiger partial charge is 0.270 e. The van der Waals surface area contributed by atoms with Crippen LogP contribution in [-0.2, 0) is 6.54 Å². The highest BCUT2D eigenvalue weighted by Crippen LogP contribution is 2.28. The van der Waals surface area contributed by atoms with Crippen LogP contribution in [0.25, 0.3) is 0 Å². The zero-order valence-electron chi connectivity index (χ0n) is 10.1. The van der Waals surface area contributed by atoms with Crippen LogP contribution >= 0.6 is 27.5 Å². The van der Waals surface area contributed by atoms with Crippen molar-refractivity contribution in [1.29, 1.82) is 0 Å². The molecule has 1 N–H and O–H groups in total. The third kappa shape index (κ3) is 3.46. The molecule has 0 aliphatic heterocycles. The van der Waals surface area contributed by atoms with E-state index >= 15 is 0 Å². The number of benzene rings is 2. The van der Waals surface area contributed by atoms with Crippen molar-refractivity contribution in [2.75, 3.05) is 5.32 Å². The second kappa shape index (κ2) is 6.19. The lowest BCUT2D eigenvalue weighted by Crippen LogP contribution is -2.01. The Kier molecular flexibility index (Phi) is 4.57. The number of hydrogen-bond donors (Lipinski definition) is 1. The predicted octanol–water partition coefficient (Wildman–Crippen LogP) is 4.76. The molecule has 0 fully saturated rings. The van der Waals surface area contributed by atoms with Crippen LogP contribution in [-0.4, -0.2) is 4.92 Å². The van der Waals surface area contributed by atoms with Gasteiger partial charge in [-0.1, -0.05) is 17.7 Å². The van der Waals surface area contributed by atoms with Gasteiger partial charge in [0.05, 0.1) is 4.92 Å². The second-order valence-corrected chi connectivity index (χ2v) is 5.27. The first kappa shape index (κ1) is 14.7. The van der Waals surface area contributed by atoms with Gasteiger partial charge in [-0.3, -0.25) is 10.1 Å². The number of nitro benzene ring substituents is 1. The van der Waals surface area contributed by atoms with Gasteiger partial charge < -0.3 is 5.32 Å². The summed E-state index contributed by atoms with van der Waals surface area (Å²) in [7, 11) is 0. The summed E-state index contributed by atoms with van der Waals surface area (Å²) in [6, 6.07) is 8.56. The van der Waals surface area contributed by atoms with Crippen LogP contribution in [0.3, 0.4) is 0 Å². The first-order chi connectivity index (χ1) is 9.47. The summed E-state index contributed by atoms with van der Waals surface area (Å²) < 4.78 is 13.5. The van der Waals surface area contributed by atoms with E-state index in [-0.39, 0.29) is 5.69 Å². The summed E-state index contributed by atoms with van der Waals surface area (Å²) in [5, 5.41) is 14.0. The van der Waals surface area contributed by atoms with Gasteiger partial charge in [-0.05, 0) is 39.7 Å². The van der Waals surface area contributed by atoms with Gasteiger partial charge in [0.25, 0.3) is 5.69 Å². The van der Waals surface area contributed by atoms with Crippen molar-refractivity contribution in [3.05, 3.63) is 67.4 Å². The minimum absolute atomic E-state index is 0.00207. The van der Waals surface area contributed by atoms with Crippen molar-refractivity contribution in [3.63, 3.8) is 0 Å². The largest absolute Gasteiger partial charge is 0.380 e. The number of nitrogens with zero attached hydrogens (tertiary/aromatic N) is 1. The first-order valence-corrected chi connectivity index (χ1v) is 6.76. The van der Waals surface area contributed by atoms with E-state index in [0.717, 1.165) is 5.56 Å². The zero-order valence-corrected chi connectivity index (χ0v) is 12.4. The molecule has 2 rings (SSSR count). The van der Waals surface area contributed by atoms with Crippen LogP contribution in [0.1, 0.15) is 5.56 Å². The van der Waals surface area contributed by atoms with Crippen LogP contribution in [0.5, 0.6) is 0 Å². The number of non-ortho nitro benzene ring substituents is 1. The standard InChI is InChI=1S/C13H9BrClFN2O2/c14-11-6-10(18(19)20)3-4-13(11)17-7-8-1-2-9(16)5-12(8)15/h1-6,17H,7H2. The lowest BCUT2D eigenvalue weighted by molar-refractivity contribution is -0.384. The number of nitrogens with one attached hydrogen (secondary N) is 1. The van der Waals surface area contributed by atoms with E-state index in [9.17, 15) is 14.5 Å². The number of rotatable bonds is 4. The van der Waals surface area contributed by atoms with Gasteiger partial charge in [0, 0.05) is 33.9 Å². The van der Waals surface area contributed by atoms with Gasteiger partial charge >= 0.3 is 0 Å². The monoisotopic (exact) mass is 358 g/mol. The minimum Gasteiger partial charge on any atom is -0.380 e. The molecule has 0 bridgehead atoms. The van der Waals surface area contributed by atoms with E-state index in [1.54, 1.807) is 12.1 Å². The Morgan fingerprint density at radius 3 is 2.65 bits per heavy atom. The van der Waals surface area contributed by atoms with Gasteiger partial charge in [0.1, 0.15) is 5.82 Å². The topological polar surface area (TPSA) is 55.2 Å². The Hall–Kier alpha value is -1.66. The third-order valence-corrected chi connectivity index (χ3v) is 3.66. The van der Waals surface area contributed by atoms with E-state index in [0.29, 0.717) is 21.7 Å². The highest BCUT2D eigenvalue weighted by molar-refractivity contribution is 9.10. The van der Waals surface area contributed by atoms with E-state index in [2.05, 4.69) is 21.2 Å². The Morgan fingerprint density at radius 2 is 2.05 bits per heavy atom. The second-order valence-electron chi connectivity index (χ2n) is 4.01. The minimum atomic E-state index is -0.467. The fourth-order valence-corrected chi connectivity index (χ4v) is 2.36. The molecule has 0 aliphatic rings. The summed E-state index contributed by atoms with van der Waals surface area (Å²) in [6.45, 7) is 0.384. The molecule has 0 saturated carbocycles. The molecule has 0 amide bonds. The Morgan fingerprint density at radius 1 is 1.30 bits per heavy atom. The molecule has 0 spiro atoms. The van der Waals surface area contributed by atoms with E-state index in [1.807, 2.05) is 0 Å². The highest BCUT2D eigenvalue weighted by Gasteiger charge is 2.09. The molecule has 2 aromatic carbocycles. The Balaban J connectivity index is 2.13. The van der Waals surface area contributed by atoms with Crippen molar-refractivity contribution in [3.8, 4) is 0 Å². The van der Waals surface area contributed by atoms with Crippen LogP contribution in [0.4, 0.5) is 15.8 Å². The van der Waals surface area contributed by atoms with Gasteiger partial charge in [0.2, 0.25) is 0 Å². The summed E-state index contributed by atoms with van der Waals surface area (Å²) in [4.78, 5) is 10.2. The number of hydrogen-bond acceptors (Lipinski definition) is 3. The maximum absolute atomic E-state index is 12.9. The average molecular weight is 360 g/mol. The summed E-state index contributed by atoms with van der Waals surface area (Å²) >= 11 is 9.18. The van der Waals surface area contributed by atoms with Gasteiger partial charge in [-0.25, -0.2) is 4.39 Å². The molecular formula is C13H9BrClFN2O2. The lowest BCUT2D eigenvalue weighted by Gasteiger charge is -2.09. The van der Waals surface area contributed by atoms with Crippen molar-refractivity contribution in [1.82, 2.24) is 0 Å². The van der Waals surface area contributed by atoms with Crippen molar-refractivity contribution in [2.24, 2.45) is 0 Å². The van der Waals surface area contributed by atoms with Crippen molar-refractivity contribution >= 4 is 38.9 Å². The molecule has 0 unspecified atom stereocenters. The van der Waals surface area contributed by atoms with Crippen LogP contribution in [0.15, 0.2) is 40.9 Å². The molecule has 0 radical (unpaired) electrons. The lowest BCUT2D eigenvalue weighted by atomic mass is 10.2. The average Bonchev–Trinajstić information content (AvgIpc) is 2.38. The number of nitro groups is 1. The van der Waals surface area contributed by atoms with E-state index in [1.165, 1.54) is 24.3 Å².